The number of rotatable bonds is 7. The van der Waals surface area contributed by atoms with Gasteiger partial charge in [-0.2, -0.15) is 0 Å². The van der Waals surface area contributed by atoms with Gasteiger partial charge >= 0.3 is 0 Å². The third-order valence-electron chi connectivity index (χ3n) is 2.85. The molecule has 1 fully saturated rings. The lowest BCUT2D eigenvalue weighted by Gasteiger charge is -2.15. The first kappa shape index (κ1) is 12.0. The van der Waals surface area contributed by atoms with Crippen LogP contribution in [0.25, 0.3) is 0 Å². The Balaban J connectivity index is 1.98. The van der Waals surface area contributed by atoms with Crippen molar-refractivity contribution in [2.45, 2.75) is 19.8 Å². The number of hydrogen-bond acceptors (Lipinski definition) is 3. The van der Waals surface area contributed by atoms with E-state index in [2.05, 4.69) is 17.1 Å². The molecule has 0 saturated carbocycles. The zero-order valence-corrected chi connectivity index (χ0v) is 9.59. The van der Waals surface area contributed by atoms with E-state index < -0.39 is 0 Å². The molecule has 1 aliphatic rings. The summed E-state index contributed by atoms with van der Waals surface area (Å²) >= 11 is 0. The molecule has 0 amide bonds. The fourth-order valence-electron chi connectivity index (χ4n) is 2.09. The van der Waals surface area contributed by atoms with Gasteiger partial charge in [0.25, 0.3) is 0 Å². The standard InChI is InChI=1S/C11H24N2O/c1-3-12-6-4-7-13-8-5-11(9-13)10-14-2/h11-12H,3-10H2,1-2H3. The Labute approximate surface area is 87.8 Å². The van der Waals surface area contributed by atoms with E-state index in [0.29, 0.717) is 0 Å². The van der Waals surface area contributed by atoms with Gasteiger partial charge in [0.2, 0.25) is 0 Å². The van der Waals surface area contributed by atoms with Crippen LogP contribution in [-0.4, -0.2) is 51.3 Å². The normalized spacial score (nSPS) is 23.1. The number of nitrogens with one attached hydrogen (secondary N) is 1. The molecular weight excluding hydrogens is 176 g/mol. The molecule has 0 spiro atoms. The van der Waals surface area contributed by atoms with E-state index in [0.717, 1.165) is 25.6 Å². The molecule has 1 atom stereocenters. The fraction of sp³-hybridized carbons (Fsp3) is 1.00. The summed E-state index contributed by atoms with van der Waals surface area (Å²) in [5, 5.41) is 3.36. The zero-order chi connectivity index (χ0) is 10.2. The Bertz CT molecular complexity index is 141. The van der Waals surface area contributed by atoms with Crippen molar-refractivity contribution >= 4 is 0 Å². The third-order valence-corrected chi connectivity index (χ3v) is 2.85. The van der Waals surface area contributed by atoms with Crippen molar-refractivity contribution in [1.29, 1.82) is 0 Å². The van der Waals surface area contributed by atoms with Gasteiger partial charge in [0, 0.05) is 13.7 Å². The van der Waals surface area contributed by atoms with Gasteiger partial charge in [-0.3, -0.25) is 0 Å². The van der Waals surface area contributed by atoms with E-state index in [1.165, 1.54) is 32.5 Å². The van der Waals surface area contributed by atoms with Crippen molar-refractivity contribution in [1.82, 2.24) is 10.2 Å². The Morgan fingerprint density at radius 3 is 3.07 bits per heavy atom. The molecule has 1 N–H and O–H groups in total. The maximum absolute atomic E-state index is 5.18. The van der Waals surface area contributed by atoms with Crippen LogP contribution in [0, 0.1) is 5.92 Å². The Morgan fingerprint density at radius 1 is 1.50 bits per heavy atom. The zero-order valence-electron chi connectivity index (χ0n) is 9.59. The summed E-state index contributed by atoms with van der Waals surface area (Å²) in [6.45, 7) is 9.08. The second-order valence-electron chi connectivity index (χ2n) is 4.12. The summed E-state index contributed by atoms with van der Waals surface area (Å²) in [6, 6.07) is 0. The molecule has 84 valence electrons. The molecule has 1 saturated heterocycles. The predicted molar refractivity (Wildman–Crippen MR) is 59.6 cm³/mol. The van der Waals surface area contributed by atoms with E-state index in [1.807, 2.05) is 0 Å². The van der Waals surface area contributed by atoms with Crippen LogP contribution in [0.15, 0.2) is 0 Å². The Hall–Kier alpha value is -0.120. The van der Waals surface area contributed by atoms with Crippen molar-refractivity contribution in [3.05, 3.63) is 0 Å². The Morgan fingerprint density at radius 2 is 2.36 bits per heavy atom. The predicted octanol–water partition coefficient (Wildman–Crippen LogP) is 0.954. The van der Waals surface area contributed by atoms with Crippen LogP contribution >= 0.6 is 0 Å². The molecule has 1 aliphatic heterocycles. The van der Waals surface area contributed by atoms with Crippen molar-refractivity contribution in [3.8, 4) is 0 Å². The van der Waals surface area contributed by atoms with E-state index in [4.69, 9.17) is 4.74 Å². The summed E-state index contributed by atoms with van der Waals surface area (Å²) in [4.78, 5) is 2.56. The highest BCUT2D eigenvalue weighted by Crippen LogP contribution is 2.15. The topological polar surface area (TPSA) is 24.5 Å². The van der Waals surface area contributed by atoms with Gasteiger partial charge in [-0.1, -0.05) is 6.92 Å². The highest BCUT2D eigenvalue weighted by molar-refractivity contribution is 4.75. The maximum atomic E-state index is 5.18. The summed E-state index contributed by atoms with van der Waals surface area (Å²) in [5.41, 5.74) is 0. The Kier molecular flexibility index (Phi) is 6.15. The van der Waals surface area contributed by atoms with Crippen LogP contribution in [0.4, 0.5) is 0 Å². The third kappa shape index (κ3) is 4.40. The summed E-state index contributed by atoms with van der Waals surface area (Å²) in [6.07, 6.45) is 2.59. The van der Waals surface area contributed by atoms with Crippen molar-refractivity contribution in [2.75, 3.05) is 46.4 Å². The molecule has 3 heteroatoms. The molecule has 0 aromatic rings. The van der Waals surface area contributed by atoms with E-state index in [1.54, 1.807) is 7.11 Å². The van der Waals surface area contributed by atoms with Crippen LogP contribution in [-0.2, 0) is 4.74 Å². The molecule has 1 heterocycles. The molecule has 0 aromatic heterocycles. The highest BCUT2D eigenvalue weighted by Gasteiger charge is 2.21. The van der Waals surface area contributed by atoms with E-state index in [9.17, 15) is 0 Å². The lowest BCUT2D eigenvalue weighted by atomic mass is 10.1. The number of ether oxygens (including phenoxy) is 1. The summed E-state index contributed by atoms with van der Waals surface area (Å²) in [7, 11) is 1.80. The van der Waals surface area contributed by atoms with Crippen LogP contribution < -0.4 is 5.32 Å². The molecule has 0 aliphatic carbocycles. The minimum atomic E-state index is 0.777. The van der Waals surface area contributed by atoms with Crippen LogP contribution in [0.1, 0.15) is 19.8 Å². The summed E-state index contributed by atoms with van der Waals surface area (Å²) < 4.78 is 5.18. The lowest BCUT2D eigenvalue weighted by Crippen LogP contribution is -2.26. The van der Waals surface area contributed by atoms with Gasteiger partial charge in [0.15, 0.2) is 0 Å². The van der Waals surface area contributed by atoms with Crippen LogP contribution in [0.2, 0.25) is 0 Å². The van der Waals surface area contributed by atoms with Gasteiger partial charge in [0.1, 0.15) is 0 Å². The molecular formula is C11H24N2O. The van der Waals surface area contributed by atoms with Gasteiger partial charge in [0.05, 0.1) is 6.61 Å². The molecule has 0 bridgehead atoms. The average molecular weight is 200 g/mol. The summed E-state index contributed by atoms with van der Waals surface area (Å²) in [5.74, 6) is 0.777. The monoisotopic (exact) mass is 200 g/mol. The number of likely N-dealkylation sites (tertiary alicyclic amines) is 1. The minimum absolute atomic E-state index is 0.777. The van der Waals surface area contributed by atoms with Crippen LogP contribution in [0.3, 0.4) is 0 Å². The van der Waals surface area contributed by atoms with E-state index in [-0.39, 0.29) is 0 Å². The van der Waals surface area contributed by atoms with Gasteiger partial charge < -0.3 is 15.0 Å². The van der Waals surface area contributed by atoms with Crippen molar-refractivity contribution < 1.29 is 4.74 Å². The fourth-order valence-corrected chi connectivity index (χ4v) is 2.09. The second-order valence-corrected chi connectivity index (χ2v) is 4.12. The number of methoxy groups -OCH3 is 1. The van der Waals surface area contributed by atoms with Gasteiger partial charge in [-0.25, -0.2) is 0 Å². The molecule has 0 radical (unpaired) electrons. The van der Waals surface area contributed by atoms with Gasteiger partial charge in [-0.05, 0) is 44.9 Å². The van der Waals surface area contributed by atoms with E-state index >= 15 is 0 Å². The maximum Gasteiger partial charge on any atom is 0.0503 e. The van der Waals surface area contributed by atoms with Crippen molar-refractivity contribution in [2.24, 2.45) is 5.92 Å². The highest BCUT2D eigenvalue weighted by atomic mass is 16.5. The second kappa shape index (κ2) is 7.21. The smallest absolute Gasteiger partial charge is 0.0503 e. The molecule has 1 rings (SSSR count). The minimum Gasteiger partial charge on any atom is -0.384 e. The van der Waals surface area contributed by atoms with Crippen LogP contribution in [0.5, 0.6) is 0 Å². The molecule has 0 aromatic carbocycles. The number of hydrogen-bond donors (Lipinski definition) is 1. The number of nitrogens with zero attached hydrogens (tertiary/aromatic N) is 1. The van der Waals surface area contributed by atoms with Gasteiger partial charge in [-0.15, -0.1) is 0 Å². The lowest BCUT2D eigenvalue weighted by molar-refractivity contribution is 0.153. The first-order valence-corrected chi connectivity index (χ1v) is 5.78. The quantitative estimate of drug-likeness (QED) is 0.619. The first-order chi connectivity index (χ1) is 6.86. The van der Waals surface area contributed by atoms with Crippen molar-refractivity contribution in [3.63, 3.8) is 0 Å². The largest absolute Gasteiger partial charge is 0.384 e. The average Bonchev–Trinajstić information content (AvgIpc) is 2.61. The molecule has 3 nitrogen and oxygen atoms in total. The SMILES string of the molecule is CCNCCCN1CCC(COC)C1. The molecule has 14 heavy (non-hydrogen) atoms. The first-order valence-electron chi connectivity index (χ1n) is 5.78. The molecule has 1 unspecified atom stereocenters.